The molecule has 0 aliphatic rings. The average molecular weight is 206 g/mol. The molecule has 14 heavy (non-hydrogen) atoms. The van der Waals surface area contributed by atoms with Gasteiger partial charge >= 0.3 is 0 Å². The number of hydrogen-bond acceptors (Lipinski definition) is 3. The van der Waals surface area contributed by atoms with Crippen molar-refractivity contribution < 1.29 is 4.74 Å². The van der Waals surface area contributed by atoms with Crippen molar-refractivity contribution in [2.75, 3.05) is 7.11 Å². The van der Waals surface area contributed by atoms with E-state index in [-0.39, 0.29) is 0 Å². The van der Waals surface area contributed by atoms with Crippen molar-refractivity contribution in [2.24, 2.45) is 0 Å². The third kappa shape index (κ3) is 1.37. The highest BCUT2D eigenvalue weighted by molar-refractivity contribution is 7.71. The highest BCUT2D eigenvalue weighted by Gasteiger charge is 2.02. The van der Waals surface area contributed by atoms with Crippen LogP contribution in [0, 0.1) is 11.6 Å². The molecular formula is C10H10N2OS. The van der Waals surface area contributed by atoms with Gasteiger partial charge in [0.05, 0.1) is 19.0 Å². The first-order chi connectivity index (χ1) is 6.72. The summed E-state index contributed by atoms with van der Waals surface area (Å²) in [5, 5.41) is 0.930. The van der Waals surface area contributed by atoms with Gasteiger partial charge in [-0.1, -0.05) is 12.2 Å². The predicted octanol–water partition coefficient (Wildman–Crippen LogP) is 2.61. The van der Waals surface area contributed by atoms with Crippen LogP contribution in [0.15, 0.2) is 18.5 Å². The summed E-state index contributed by atoms with van der Waals surface area (Å²) in [4.78, 5) is 7.11. The number of aromatic nitrogens is 2. The van der Waals surface area contributed by atoms with E-state index in [2.05, 4.69) is 9.97 Å². The summed E-state index contributed by atoms with van der Waals surface area (Å²) in [5.74, 6) is 0.808. The average Bonchev–Trinajstić information content (AvgIpc) is 2.19. The first-order valence-corrected chi connectivity index (χ1v) is 4.65. The van der Waals surface area contributed by atoms with E-state index in [0.29, 0.717) is 4.64 Å². The highest BCUT2D eigenvalue weighted by atomic mass is 32.1. The number of benzene rings is 1. The van der Waals surface area contributed by atoms with Crippen molar-refractivity contribution >= 4 is 23.1 Å². The second-order valence-electron chi connectivity index (χ2n) is 3.07. The van der Waals surface area contributed by atoms with Gasteiger partial charge in [0.25, 0.3) is 0 Å². The smallest absolute Gasteiger partial charge is 0.137 e. The lowest BCUT2D eigenvalue weighted by molar-refractivity contribution is 0.415. The molecule has 4 heteroatoms. The van der Waals surface area contributed by atoms with E-state index in [1.165, 1.54) is 0 Å². The zero-order valence-electron chi connectivity index (χ0n) is 8.00. The van der Waals surface area contributed by atoms with E-state index < -0.39 is 0 Å². The summed E-state index contributed by atoms with van der Waals surface area (Å²) < 4.78 is 5.77. The third-order valence-electron chi connectivity index (χ3n) is 2.17. The topological polar surface area (TPSA) is 37.9 Å². The number of nitrogens with one attached hydrogen (secondary N) is 1. The monoisotopic (exact) mass is 206 g/mol. The van der Waals surface area contributed by atoms with Crippen molar-refractivity contribution in [1.29, 1.82) is 0 Å². The molecule has 0 saturated heterocycles. The lowest BCUT2D eigenvalue weighted by Gasteiger charge is -2.05. The summed E-state index contributed by atoms with van der Waals surface area (Å²) in [6.07, 6.45) is 1.62. The number of ether oxygens (including phenoxy) is 1. The molecule has 2 aromatic rings. The fraction of sp³-hybridized carbons (Fsp3) is 0.200. The molecule has 2 rings (SSSR count). The molecule has 1 aromatic carbocycles. The Morgan fingerprint density at radius 2 is 2.21 bits per heavy atom. The molecule has 1 aromatic heterocycles. The summed E-state index contributed by atoms with van der Waals surface area (Å²) in [6, 6.07) is 3.86. The van der Waals surface area contributed by atoms with E-state index in [0.717, 1.165) is 22.2 Å². The summed E-state index contributed by atoms with van der Waals surface area (Å²) in [7, 11) is 1.64. The molecule has 1 N–H and O–H groups in total. The number of aryl methyl sites for hydroxylation is 1. The van der Waals surface area contributed by atoms with Crippen LogP contribution in [0.1, 0.15) is 5.56 Å². The fourth-order valence-corrected chi connectivity index (χ4v) is 1.67. The van der Waals surface area contributed by atoms with Crippen molar-refractivity contribution in [3.63, 3.8) is 0 Å². The van der Waals surface area contributed by atoms with Crippen LogP contribution in [0.4, 0.5) is 0 Å². The van der Waals surface area contributed by atoms with Gasteiger partial charge in [-0.25, -0.2) is 4.98 Å². The number of nitrogens with zero attached hydrogens (tertiary/aromatic N) is 1. The molecule has 0 aliphatic heterocycles. The highest BCUT2D eigenvalue weighted by Crippen LogP contribution is 2.22. The lowest BCUT2D eigenvalue weighted by atomic mass is 10.1. The van der Waals surface area contributed by atoms with E-state index in [9.17, 15) is 0 Å². The Balaban J connectivity index is 2.91. The second kappa shape index (κ2) is 3.38. The van der Waals surface area contributed by atoms with Crippen molar-refractivity contribution in [3.8, 4) is 5.75 Å². The van der Waals surface area contributed by atoms with Crippen molar-refractivity contribution in [1.82, 2.24) is 9.97 Å². The minimum atomic E-state index is 0.598. The first kappa shape index (κ1) is 9.15. The Morgan fingerprint density at radius 1 is 1.43 bits per heavy atom. The molecule has 3 nitrogen and oxygen atoms in total. The molecule has 72 valence electrons. The number of fused-ring (bicyclic) bond motifs is 1. The minimum absolute atomic E-state index is 0.598. The summed E-state index contributed by atoms with van der Waals surface area (Å²) >= 11 is 5.13. The zero-order chi connectivity index (χ0) is 10.1. The zero-order valence-corrected chi connectivity index (χ0v) is 8.81. The maximum Gasteiger partial charge on any atom is 0.137 e. The van der Waals surface area contributed by atoms with Crippen LogP contribution >= 0.6 is 12.2 Å². The summed E-state index contributed by atoms with van der Waals surface area (Å²) in [6.45, 7) is 2.01. The van der Waals surface area contributed by atoms with E-state index in [1.54, 1.807) is 13.4 Å². The Morgan fingerprint density at radius 3 is 2.93 bits per heavy atom. The maximum absolute atomic E-state index is 5.17. The SMILES string of the molecule is COc1cc(C)c2[nH]cnc(=S)c2c1. The molecule has 0 unspecified atom stereocenters. The van der Waals surface area contributed by atoms with Gasteiger partial charge in [0.2, 0.25) is 0 Å². The molecule has 0 amide bonds. The van der Waals surface area contributed by atoms with Crippen LogP contribution in [0.2, 0.25) is 0 Å². The molecule has 0 fully saturated rings. The number of rotatable bonds is 1. The van der Waals surface area contributed by atoms with Crippen LogP contribution in [0.3, 0.4) is 0 Å². The third-order valence-corrected chi connectivity index (χ3v) is 2.49. The molecule has 1 heterocycles. The van der Waals surface area contributed by atoms with Gasteiger partial charge < -0.3 is 9.72 Å². The Kier molecular flexibility index (Phi) is 2.21. The minimum Gasteiger partial charge on any atom is -0.497 e. The quantitative estimate of drug-likeness (QED) is 0.729. The van der Waals surface area contributed by atoms with Gasteiger partial charge in [0.1, 0.15) is 10.4 Å². The number of hydrogen-bond donors (Lipinski definition) is 1. The lowest BCUT2D eigenvalue weighted by Crippen LogP contribution is -1.89. The van der Waals surface area contributed by atoms with Crippen LogP contribution in [0.25, 0.3) is 10.9 Å². The second-order valence-corrected chi connectivity index (χ2v) is 3.46. The van der Waals surface area contributed by atoms with Gasteiger partial charge in [0, 0.05) is 5.39 Å². The van der Waals surface area contributed by atoms with Gasteiger partial charge in [-0.2, -0.15) is 0 Å². The van der Waals surface area contributed by atoms with Gasteiger partial charge in [0.15, 0.2) is 0 Å². The standard InChI is InChI=1S/C10H10N2OS/c1-6-3-7(13-2)4-8-9(6)11-5-12-10(8)14/h3-5H,1-2H3,(H,11,12,14). The molecular weight excluding hydrogens is 196 g/mol. The number of H-pyrrole nitrogens is 1. The van der Waals surface area contributed by atoms with E-state index >= 15 is 0 Å². The first-order valence-electron chi connectivity index (χ1n) is 4.24. The Bertz CT molecular complexity index is 533. The van der Waals surface area contributed by atoms with Crippen molar-refractivity contribution in [2.45, 2.75) is 6.92 Å². The molecule has 0 aliphatic carbocycles. The van der Waals surface area contributed by atoms with Gasteiger partial charge in [-0.15, -0.1) is 0 Å². The van der Waals surface area contributed by atoms with E-state index in [1.807, 2.05) is 19.1 Å². The summed E-state index contributed by atoms with van der Waals surface area (Å²) in [5.41, 5.74) is 2.12. The van der Waals surface area contributed by atoms with Crippen LogP contribution in [-0.2, 0) is 0 Å². The van der Waals surface area contributed by atoms with Gasteiger partial charge in [-0.3, -0.25) is 0 Å². The largest absolute Gasteiger partial charge is 0.497 e. The van der Waals surface area contributed by atoms with E-state index in [4.69, 9.17) is 17.0 Å². The van der Waals surface area contributed by atoms with Crippen LogP contribution < -0.4 is 4.74 Å². The Labute approximate surface area is 86.8 Å². The molecule has 0 atom stereocenters. The molecule has 0 radical (unpaired) electrons. The molecule has 0 bridgehead atoms. The maximum atomic E-state index is 5.17. The Hall–Kier alpha value is -1.42. The predicted molar refractivity (Wildman–Crippen MR) is 58.2 cm³/mol. The normalized spacial score (nSPS) is 10.4. The fourth-order valence-electron chi connectivity index (χ4n) is 1.46. The van der Waals surface area contributed by atoms with Crippen LogP contribution in [0.5, 0.6) is 5.75 Å². The van der Waals surface area contributed by atoms with Crippen molar-refractivity contribution in [3.05, 3.63) is 28.7 Å². The number of aromatic amines is 1. The van der Waals surface area contributed by atoms with Gasteiger partial charge in [-0.05, 0) is 24.6 Å². The molecule has 0 spiro atoms. The van der Waals surface area contributed by atoms with Crippen LogP contribution in [-0.4, -0.2) is 17.1 Å². The molecule has 0 saturated carbocycles. The number of methoxy groups -OCH3 is 1.